The van der Waals surface area contributed by atoms with Crippen LogP contribution >= 0.6 is 0 Å². The molecule has 13 atom stereocenters. The Hall–Kier alpha value is -4.48. The van der Waals surface area contributed by atoms with Gasteiger partial charge in [-0.25, -0.2) is 0 Å². The van der Waals surface area contributed by atoms with E-state index < -0.39 is 81.9 Å². The lowest BCUT2D eigenvalue weighted by atomic mass is 9.70. The van der Waals surface area contributed by atoms with E-state index in [2.05, 4.69) is 10.1 Å². The summed E-state index contributed by atoms with van der Waals surface area (Å²) in [6.45, 7) is 13.9. The molecule has 1 aromatic heterocycles. The van der Waals surface area contributed by atoms with E-state index in [9.17, 15) is 35.0 Å². The average Bonchev–Trinajstić information content (AvgIpc) is 3.26. The number of oxime groups is 1. The number of carbonyl (C=O) groups is 2. The molecule has 1 saturated heterocycles. The first-order valence-electron chi connectivity index (χ1n) is 22.4. The molecule has 1 aliphatic heterocycles. The summed E-state index contributed by atoms with van der Waals surface area (Å²) in [5.41, 5.74) is -0.550. The number of nitrogens with zero attached hydrogens (tertiary/aromatic N) is 4. The van der Waals surface area contributed by atoms with Crippen LogP contribution in [0.3, 0.4) is 0 Å². The van der Waals surface area contributed by atoms with Crippen LogP contribution in [0.1, 0.15) is 92.2 Å². The molecular formula is C49H68N4O11. The third kappa shape index (κ3) is 11.9. The van der Waals surface area contributed by atoms with Gasteiger partial charge in [0.05, 0.1) is 58.2 Å². The van der Waals surface area contributed by atoms with Crippen LogP contribution in [0, 0.1) is 39.7 Å². The number of nitro benzene ring substituents is 1. The summed E-state index contributed by atoms with van der Waals surface area (Å²) in [6.07, 6.45) is 1.21. The maximum absolute atomic E-state index is 14.7. The van der Waals surface area contributed by atoms with Gasteiger partial charge < -0.3 is 39.3 Å². The molecule has 3 N–H and O–H groups in total. The van der Waals surface area contributed by atoms with Crippen LogP contribution in [0.2, 0.25) is 0 Å². The lowest BCUT2D eigenvalue weighted by Crippen LogP contribution is -2.59. The number of non-ortho nitro benzene ring substituents is 1. The summed E-state index contributed by atoms with van der Waals surface area (Å²) in [5.74, 6) is -4.99. The number of aliphatic hydroxyl groups is 3. The number of carbonyl (C=O) groups excluding carboxylic acids is 2. The van der Waals surface area contributed by atoms with Crippen molar-refractivity contribution in [2.75, 3.05) is 20.7 Å². The molecule has 0 radical (unpaired) electrons. The van der Waals surface area contributed by atoms with Gasteiger partial charge in [-0.2, -0.15) is 0 Å². The number of ketones is 2. The highest BCUT2D eigenvalue weighted by atomic mass is 16.7. The molecule has 350 valence electrons. The van der Waals surface area contributed by atoms with Crippen LogP contribution in [0.15, 0.2) is 72.0 Å². The van der Waals surface area contributed by atoms with Crippen molar-refractivity contribution in [2.45, 2.75) is 136 Å². The number of likely N-dealkylation sites (N-methyl/N-ethyl adjacent to an activating group) is 1. The smallest absolute Gasteiger partial charge is 0.269 e. The van der Waals surface area contributed by atoms with E-state index in [-0.39, 0.29) is 43.9 Å². The van der Waals surface area contributed by atoms with Crippen molar-refractivity contribution in [2.24, 2.45) is 34.7 Å². The fourth-order valence-corrected chi connectivity index (χ4v) is 9.47. The molecule has 3 aromatic rings. The van der Waals surface area contributed by atoms with Gasteiger partial charge in [0.15, 0.2) is 6.29 Å². The van der Waals surface area contributed by atoms with Gasteiger partial charge in [0.1, 0.15) is 24.3 Å². The minimum absolute atomic E-state index is 0.0459. The third-order valence-corrected chi connectivity index (χ3v) is 13.5. The number of hydrogen-bond acceptors (Lipinski definition) is 14. The largest absolute Gasteiger partial charge is 0.391 e. The van der Waals surface area contributed by atoms with Gasteiger partial charge in [0.25, 0.3) is 5.69 Å². The fraction of sp³-hybridized carbons (Fsp3) is 0.592. The number of benzene rings is 2. The number of para-hydroxylation sites is 1. The molecule has 1 saturated carbocycles. The zero-order valence-electron chi connectivity index (χ0n) is 38.9. The highest BCUT2D eigenvalue weighted by Crippen LogP contribution is 2.40. The molecule has 2 heterocycles. The lowest BCUT2D eigenvalue weighted by molar-refractivity contribution is -0.384. The Bertz CT molecular complexity index is 2130. The van der Waals surface area contributed by atoms with E-state index in [1.807, 2.05) is 89.2 Å². The Morgan fingerprint density at radius 2 is 1.72 bits per heavy atom. The number of aliphatic hydroxyl groups excluding tert-OH is 2. The summed E-state index contributed by atoms with van der Waals surface area (Å²) >= 11 is 0. The van der Waals surface area contributed by atoms with Crippen molar-refractivity contribution in [1.29, 1.82) is 0 Å². The molecule has 5 rings (SSSR count). The molecule has 0 amide bonds. The van der Waals surface area contributed by atoms with Crippen LogP contribution in [0.5, 0.6) is 0 Å². The SMILES string of the molecule is CC[C@@H]1CC(=O)[C@H](C)C(=O)[C@H](C)[C@@H](O[C@@H]2O[C@H](C)C[C@H](N(C)C)[C@H]2O)[C@@](C)(OC/C=C/c2cnc3ccccc3c2)C[C@@H](C)/C(=N\OCc2ccc([N+](=O)[O-])cc2)[C@@H](C)[C@@H](O)[C@]1(C)O. The Morgan fingerprint density at radius 1 is 1.03 bits per heavy atom. The summed E-state index contributed by atoms with van der Waals surface area (Å²) < 4.78 is 20.1. The second kappa shape index (κ2) is 21.7. The number of rotatable bonds is 12. The normalized spacial score (nSPS) is 34.3. The standard InChI is InChI=1S/C49H68N4O11/c1-11-37-25-41(54)31(4)43(55)33(6)46(64-47-44(56)40(52(9)10)23-30(3)63-47)48(7,61-22-14-15-35-24-36-16-12-13-17-39(36)50-27-35)26-29(2)42(32(5)45(57)49(37,8)58)51-62-28-34-18-20-38(21-19-34)53(59)60/h12-21,24,27,29-33,37,40,44-47,56-58H,11,22-23,25-26,28H2,1-10H3/b15-14+,51-42+/t29-,30-,31+,32-,33+,37-,40+,44-,45-,46-,47+,48+,49-/m1/s1. The van der Waals surface area contributed by atoms with Crippen molar-refractivity contribution >= 4 is 39.9 Å². The van der Waals surface area contributed by atoms with Gasteiger partial charge in [-0.15, -0.1) is 0 Å². The Kier molecular flexibility index (Phi) is 17.1. The molecule has 0 bridgehead atoms. The lowest BCUT2D eigenvalue weighted by Gasteiger charge is -2.47. The number of fused-ring (bicyclic) bond motifs is 1. The van der Waals surface area contributed by atoms with Crippen molar-refractivity contribution in [1.82, 2.24) is 9.88 Å². The third-order valence-electron chi connectivity index (χ3n) is 13.5. The first-order chi connectivity index (χ1) is 30.2. The number of nitro groups is 1. The number of hydrogen-bond donors (Lipinski definition) is 3. The highest BCUT2D eigenvalue weighted by Gasteiger charge is 2.51. The molecule has 1 aliphatic carbocycles. The van der Waals surface area contributed by atoms with Gasteiger partial charge >= 0.3 is 0 Å². The molecule has 2 aliphatic rings. The van der Waals surface area contributed by atoms with Crippen LogP contribution in [0.25, 0.3) is 17.0 Å². The van der Waals surface area contributed by atoms with E-state index in [0.717, 1.165) is 16.5 Å². The van der Waals surface area contributed by atoms with E-state index in [4.69, 9.17) is 19.0 Å². The first-order valence-corrected chi connectivity index (χ1v) is 22.4. The van der Waals surface area contributed by atoms with Crippen LogP contribution in [0.4, 0.5) is 5.69 Å². The van der Waals surface area contributed by atoms with E-state index >= 15 is 0 Å². The summed E-state index contributed by atoms with van der Waals surface area (Å²) in [6, 6.07) is 15.4. The maximum Gasteiger partial charge on any atom is 0.269 e. The van der Waals surface area contributed by atoms with Gasteiger partial charge in [-0.3, -0.25) is 24.7 Å². The van der Waals surface area contributed by atoms with Gasteiger partial charge in [-0.05, 0) is 95.9 Å². The number of Topliss-reactive ketones (excluding diaryl/α,β-unsaturated/α-hetero) is 2. The van der Waals surface area contributed by atoms with Gasteiger partial charge in [0.2, 0.25) is 0 Å². The Labute approximate surface area is 377 Å². The molecule has 2 fully saturated rings. The Morgan fingerprint density at radius 3 is 2.38 bits per heavy atom. The molecule has 15 heteroatoms. The second-order valence-electron chi connectivity index (χ2n) is 18.6. The minimum atomic E-state index is -1.79. The molecule has 0 spiro atoms. The summed E-state index contributed by atoms with van der Waals surface area (Å²) in [7, 11) is 3.74. The molecule has 64 heavy (non-hydrogen) atoms. The number of aromatic nitrogens is 1. The quantitative estimate of drug-likeness (QED) is 0.0961. The minimum Gasteiger partial charge on any atom is -0.391 e. The van der Waals surface area contributed by atoms with Crippen LogP contribution in [-0.4, -0.2) is 116 Å². The predicted octanol–water partition coefficient (Wildman–Crippen LogP) is 6.93. The monoisotopic (exact) mass is 888 g/mol. The average molecular weight is 889 g/mol. The number of pyridine rings is 1. The zero-order chi connectivity index (χ0) is 47.1. The highest BCUT2D eigenvalue weighted by molar-refractivity contribution is 6.03. The van der Waals surface area contributed by atoms with E-state index in [1.165, 1.54) is 19.1 Å². The van der Waals surface area contributed by atoms with Crippen molar-refractivity contribution in [3.05, 3.63) is 88.1 Å². The van der Waals surface area contributed by atoms with E-state index in [1.54, 1.807) is 39.1 Å². The van der Waals surface area contributed by atoms with Gasteiger partial charge in [0, 0.05) is 53.9 Å². The Balaban J connectivity index is 1.61. The molecule has 0 unspecified atom stereocenters. The topological polar surface area (TPSA) is 203 Å². The molecule has 15 nitrogen and oxygen atoms in total. The van der Waals surface area contributed by atoms with Crippen LogP contribution < -0.4 is 0 Å². The summed E-state index contributed by atoms with van der Waals surface area (Å²) in [5, 5.41) is 52.8. The molecule has 2 aromatic carbocycles. The zero-order valence-corrected chi connectivity index (χ0v) is 38.9. The fourth-order valence-electron chi connectivity index (χ4n) is 9.47. The second-order valence-corrected chi connectivity index (χ2v) is 18.6. The van der Waals surface area contributed by atoms with Crippen molar-refractivity contribution in [3.8, 4) is 0 Å². The predicted molar refractivity (Wildman–Crippen MR) is 244 cm³/mol. The number of ether oxygens (including phenoxy) is 3. The summed E-state index contributed by atoms with van der Waals surface area (Å²) in [4.78, 5) is 52.0. The molecular weight excluding hydrogens is 821 g/mol. The first kappa shape index (κ1) is 50.5. The maximum atomic E-state index is 14.7. The van der Waals surface area contributed by atoms with Crippen molar-refractivity contribution < 1.29 is 48.9 Å². The van der Waals surface area contributed by atoms with Gasteiger partial charge in [-0.1, -0.05) is 69.6 Å². The van der Waals surface area contributed by atoms with Crippen molar-refractivity contribution in [3.63, 3.8) is 0 Å². The van der Waals surface area contributed by atoms with E-state index in [0.29, 0.717) is 24.1 Å². The van der Waals surface area contributed by atoms with Crippen LogP contribution in [-0.2, 0) is 35.2 Å².